The summed E-state index contributed by atoms with van der Waals surface area (Å²) in [5, 5.41) is 6.18. The molecule has 2 N–H and O–H groups in total. The third-order valence-corrected chi connectivity index (χ3v) is 4.01. The molecule has 2 atom stereocenters. The van der Waals surface area contributed by atoms with Crippen molar-refractivity contribution in [2.24, 2.45) is 0 Å². The number of amides is 1. The molecule has 0 saturated carbocycles. The van der Waals surface area contributed by atoms with Crippen LogP contribution in [-0.4, -0.2) is 25.0 Å². The zero-order chi connectivity index (χ0) is 16.2. The summed E-state index contributed by atoms with van der Waals surface area (Å²) in [7, 11) is 0. The van der Waals surface area contributed by atoms with E-state index in [9.17, 15) is 18.0 Å². The Bertz CT molecular complexity index is 499. The molecule has 1 aromatic carbocycles. The largest absolute Gasteiger partial charge is 0.416 e. The van der Waals surface area contributed by atoms with Gasteiger partial charge in [-0.3, -0.25) is 4.79 Å². The number of benzene rings is 1. The van der Waals surface area contributed by atoms with E-state index in [0.29, 0.717) is 12.6 Å². The lowest BCUT2D eigenvalue weighted by molar-refractivity contribution is -0.137. The second-order valence-corrected chi connectivity index (χ2v) is 5.82. The Hall–Kier alpha value is -1.27. The highest BCUT2D eigenvalue weighted by Gasteiger charge is 2.30. The molecular weight excluding hydrogens is 329 g/mol. The fourth-order valence-electron chi connectivity index (χ4n) is 2.64. The lowest BCUT2D eigenvalue weighted by atomic mass is 9.96. The van der Waals surface area contributed by atoms with Crippen molar-refractivity contribution in [3.05, 3.63) is 35.4 Å². The summed E-state index contributed by atoms with van der Waals surface area (Å²) in [4.78, 5) is 11.9. The van der Waals surface area contributed by atoms with Crippen LogP contribution in [0.15, 0.2) is 24.3 Å². The van der Waals surface area contributed by atoms with E-state index in [2.05, 4.69) is 10.6 Å². The number of halogens is 4. The molecule has 0 aromatic heterocycles. The van der Waals surface area contributed by atoms with E-state index >= 15 is 0 Å². The van der Waals surface area contributed by atoms with Crippen LogP contribution < -0.4 is 10.6 Å². The highest BCUT2D eigenvalue weighted by atomic mass is 35.5. The van der Waals surface area contributed by atoms with Gasteiger partial charge in [-0.25, -0.2) is 0 Å². The van der Waals surface area contributed by atoms with Gasteiger partial charge in [0.25, 0.3) is 0 Å². The quantitative estimate of drug-likeness (QED) is 0.853. The maximum Gasteiger partial charge on any atom is 0.416 e. The van der Waals surface area contributed by atoms with Gasteiger partial charge in [-0.15, -0.1) is 12.4 Å². The Labute approximate surface area is 140 Å². The lowest BCUT2D eigenvalue weighted by Gasteiger charge is -2.15. The summed E-state index contributed by atoms with van der Waals surface area (Å²) in [6.45, 7) is 3.44. The third kappa shape index (κ3) is 6.03. The molecule has 1 saturated heterocycles. The number of hydrogen-bond donors (Lipinski definition) is 2. The Kier molecular flexibility index (Phi) is 7.35. The van der Waals surface area contributed by atoms with Gasteiger partial charge >= 0.3 is 6.18 Å². The molecule has 2 unspecified atom stereocenters. The van der Waals surface area contributed by atoms with Crippen molar-refractivity contribution in [2.45, 2.75) is 44.3 Å². The molecule has 1 heterocycles. The second kappa shape index (κ2) is 8.55. The van der Waals surface area contributed by atoms with Crippen LogP contribution in [0.3, 0.4) is 0 Å². The average Bonchev–Trinajstić information content (AvgIpc) is 2.97. The molecule has 23 heavy (non-hydrogen) atoms. The maximum absolute atomic E-state index is 12.5. The summed E-state index contributed by atoms with van der Waals surface area (Å²) in [6.07, 6.45) is -1.86. The Morgan fingerprint density at radius 1 is 1.35 bits per heavy atom. The number of alkyl halides is 3. The predicted octanol–water partition coefficient (Wildman–Crippen LogP) is 3.49. The maximum atomic E-state index is 12.5. The predicted molar refractivity (Wildman–Crippen MR) is 85.8 cm³/mol. The van der Waals surface area contributed by atoms with Gasteiger partial charge in [0.2, 0.25) is 5.91 Å². The minimum atomic E-state index is -4.33. The van der Waals surface area contributed by atoms with Crippen molar-refractivity contribution in [3.63, 3.8) is 0 Å². The van der Waals surface area contributed by atoms with Gasteiger partial charge in [-0.1, -0.05) is 19.1 Å². The first kappa shape index (κ1) is 19.8. The topological polar surface area (TPSA) is 41.1 Å². The average molecular weight is 351 g/mol. The summed E-state index contributed by atoms with van der Waals surface area (Å²) < 4.78 is 37.5. The highest BCUT2D eigenvalue weighted by molar-refractivity contribution is 5.85. The number of rotatable bonds is 5. The zero-order valence-corrected chi connectivity index (χ0v) is 13.8. The van der Waals surface area contributed by atoms with Crippen molar-refractivity contribution in [2.75, 3.05) is 13.1 Å². The third-order valence-electron chi connectivity index (χ3n) is 4.01. The smallest absolute Gasteiger partial charge is 0.355 e. The minimum Gasteiger partial charge on any atom is -0.355 e. The van der Waals surface area contributed by atoms with Crippen LogP contribution in [0.4, 0.5) is 13.2 Å². The van der Waals surface area contributed by atoms with Crippen molar-refractivity contribution in [1.29, 1.82) is 0 Å². The van der Waals surface area contributed by atoms with Crippen molar-refractivity contribution in [1.82, 2.24) is 10.6 Å². The molecule has 0 spiro atoms. The van der Waals surface area contributed by atoms with Gasteiger partial charge in [-0.2, -0.15) is 13.2 Å². The van der Waals surface area contributed by atoms with E-state index in [1.54, 1.807) is 0 Å². The first-order chi connectivity index (χ1) is 10.4. The first-order valence-corrected chi connectivity index (χ1v) is 7.53. The normalized spacial score (nSPS) is 19.0. The Morgan fingerprint density at radius 2 is 2.00 bits per heavy atom. The van der Waals surface area contributed by atoms with E-state index in [1.165, 1.54) is 12.1 Å². The van der Waals surface area contributed by atoms with Crippen LogP contribution in [-0.2, 0) is 11.0 Å². The van der Waals surface area contributed by atoms with Crippen LogP contribution in [0.2, 0.25) is 0 Å². The highest BCUT2D eigenvalue weighted by Crippen LogP contribution is 2.30. The number of carbonyl (C=O) groups excluding carboxylic acids is 1. The van der Waals surface area contributed by atoms with E-state index in [4.69, 9.17) is 0 Å². The Balaban J connectivity index is 0.00000264. The van der Waals surface area contributed by atoms with E-state index in [-0.39, 0.29) is 30.7 Å². The molecule has 1 aliphatic heterocycles. The van der Waals surface area contributed by atoms with E-state index < -0.39 is 11.7 Å². The minimum absolute atomic E-state index is 0. The zero-order valence-electron chi connectivity index (χ0n) is 13.0. The molecule has 1 aliphatic rings. The number of nitrogens with one attached hydrogen (secondary N) is 2. The van der Waals surface area contributed by atoms with E-state index in [0.717, 1.165) is 37.1 Å². The molecule has 0 aliphatic carbocycles. The fourth-order valence-corrected chi connectivity index (χ4v) is 2.64. The van der Waals surface area contributed by atoms with Crippen LogP contribution in [0.5, 0.6) is 0 Å². The fraction of sp³-hybridized carbons (Fsp3) is 0.562. The van der Waals surface area contributed by atoms with Gasteiger partial charge in [0, 0.05) is 19.0 Å². The summed E-state index contributed by atoms with van der Waals surface area (Å²) in [5.74, 6) is -0.181. The molecule has 1 amide bonds. The van der Waals surface area contributed by atoms with Gasteiger partial charge in [0.05, 0.1) is 5.56 Å². The second-order valence-electron chi connectivity index (χ2n) is 5.82. The van der Waals surface area contributed by atoms with Crippen LogP contribution in [0.25, 0.3) is 0 Å². The number of carbonyl (C=O) groups is 1. The summed E-state index contributed by atoms with van der Waals surface area (Å²) in [6, 6.07) is 5.35. The lowest BCUT2D eigenvalue weighted by Crippen LogP contribution is -2.37. The standard InChI is InChI=1S/C16H21F3N2O.ClH/c1-11(9-15(22)21-10-14-3-2-8-20-14)12-4-6-13(7-5-12)16(17,18)19;/h4-7,11,14,20H,2-3,8-10H2,1H3,(H,21,22);1H. The van der Waals surface area contributed by atoms with Crippen molar-refractivity contribution in [3.8, 4) is 0 Å². The van der Waals surface area contributed by atoms with E-state index in [1.807, 2.05) is 6.92 Å². The number of hydrogen-bond acceptors (Lipinski definition) is 2. The van der Waals surface area contributed by atoms with Crippen LogP contribution in [0, 0.1) is 0 Å². The molecule has 2 rings (SSSR count). The molecule has 1 aromatic rings. The Morgan fingerprint density at radius 3 is 2.52 bits per heavy atom. The molecule has 3 nitrogen and oxygen atoms in total. The molecule has 7 heteroatoms. The van der Waals surface area contributed by atoms with Crippen LogP contribution >= 0.6 is 12.4 Å². The molecule has 0 radical (unpaired) electrons. The van der Waals surface area contributed by atoms with Crippen molar-refractivity contribution >= 4 is 18.3 Å². The molecular formula is C16H22ClF3N2O. The molecule has 130 valence electrons. The van der Waals surface area contributed by atoms with Crippen molar-refractivity contribution < 1.29 is 18.0 Å². The molecule has 0 bridgehead atoms. The van der Waals surface area contributed by atoms with Gasteiger partial charge in [0.1, 0.15) is 0 Å². The van der Waals surface area contributed by atoms with Gasteiger partial charge < -0.3 is 10.6 Å². The summed E-state index contributed by atoms with van der Waals surface area (Å²) >= 11 is 0. The summed E-state index contributed by atoms with van der Waals surface area (Å²) in [5.41, 5.74) is 0.0716. The first-order valence-electron chi connectivity index (χ1n) is 7.53. The van der Waals surface area contributed by atoms with Gasteiger partial charge in [0.15, 0.2) is 0 Å². The SMILES string of the molecule is CC(CC(=O)NCC1CCCN1)c1ccc(C(F)(F)F)cc1.Cl. The molecule has 1 fully saturated rings. The van der Waals surface area contributed by atoms with Gasteiger partial charge in [-0.05, 0) is 43.0 Å². The monoisotopic (exact) mass is 350 g/mol. The van der Waals surface area contributed by atoms with Crippen LogP contribution in [0.1, 0.15) is 43.2 Å².